The van der Waals surface area contributed by atoms with Crippen LogP contribution < -0.4 is 5.73 Å². The lowest BCUT2D eigenvalue weighted by Gasteiger charge is -2.23. The molecule has 0 heterocycles. The third-order valence-electron chi connectivity index (χ3n) is 3.37. The molecule has 0 aliphatic heterocycles. The SMILES string of the molecule is NC(Cc1c#cc(O)cc1)C(=O)OC1CCCCC1. The van der Waals surface area contributed by atoms with Gasteiger partial charge in [-0.2, -0.15) is 0 Å². The average molecular weight is 261 g/mol. The molecule has 0 amide bonds. The van der Waals surface area contributed by atoms with Gasteiger partial charge < -0.3 is 15.6 Å². The molecular weight excluding hydrogens is 242 g/mol. The Labute approximate surface area is 113 Å². The number of rotatable bonds is 4. The largest absolute Gasteiger partial charge is 0.501 e. The molecule has 0 radical (unpaired) electrons. The monoisotopic (exact) mass is 261 g/mol. The Bertz CT molecular complexity index is 410. The lowest BCUT2D eigenvalue weighted by Crippen LogP contribution is -2.37. The maximum absolute atomic E-state index is 11.9. The molecular formula is C15H19NO3. The van der Waals surface area contributed by atoms with E-state index in [1.165, 1.54) is 12.5 Å². The average Bonchev–Trinajstić information content (AvgIpc) is 2.42. The Hall–Kier alpha value is -1.73. The van der Waals surface area contributed by atoms with E-state index in [1.54, 1.807) is 6.07 Å². The van der Waals surface area contributed by atoms with Gasteiger partial charge in [-0.1, -0.05) is 12.5 Å². The zero-order chi connectivity index (χ0) is 13.7. The Kier molecular flexibility index (Phi) is 4.64. The van der Waals surface area contributed by atoms with E-state index in [1.807, 2.05) is 0 Å². The number of carbonyl (C=O) groups excluding carboxylic acids is 1. The van der Waals surface area contributed by atoms with E-state index in [9.17, 15) is 4.79 Å². The molecule has 0 spiro atoms. The number of ether oxygens (including phenoxy) is 1. The van der Waals surface area contributed by atoms with Crippen molar-refractivity contribution in [1.29, 1.82) is 0 Å². The summed E-state index contributed by atoms with van der Waals surface area (Å²) in [6.45, 7) is 0. The summed E-state index contributed by atoms with van der Waals surface area (Å²) < 4.78 is 5.41. The molecule has 1 aliphatic rings. The molecule has 102 valence electrons. The fraction of sp³-hybridized carbons (Fsp3) is 0.533. The Morgan fingerprint density at radius 2 is 2.11 bits per heavy atom. The maximum atomic E-state index is 11.9. The van der Waals surface area contributed by atoms with Crippen LogP contribution in [0, 0.1) is 12.1 Å². The van der Waals surface area contributed by atoms with Crippen LogP contribution in [0.25, 0.3) is 0 Å². The van der Waals surface area contributed by atoms with Crippen molar-refractivity contribution in [2.45, 2.75) is 50.7 Å². The minimum Gasteiger partial charge on any atom is -0.501 e. The number of hydrogen-bond donors (Lipinski definition) is 2. The van der Waals surface area contributed by atoms with Crippen LogP contribution in [-0.4, -0.2) is 23.2 Å². The molecule has 0 aromatic heterocycles. The van der Waals surface area contributed by atoms with Crippen LogP contribution in [0.1, 0.15) is 37.7 Å². The highest BCUT2D eigenvalue weighted by Crippen LogP contribution is 2.20. The van der Waals surface area contributed by atoms with Crippen molar-refractivity contribution >= 4 is 5.97 Å². The number of hydrogen-bond acceptors (Lipinski definition) is 4. The second-order valence-corrected chi connectivity index (χ2v) is 5.00. The van der Waals surface area contributed by atoms with Crippen molar-refractivity contribution < 1.29 is 14.6 Å². The molecule has 1 aliphatic carbocycles. The standard InChI is InChI=1S/C15H19NO3/c16-14(10-11-6-8-12(17)9-7-11)15(18)19-13-4-2-1-3-5-13/h6,8,13-14,17H,1-5,10,16H2. The van der Waals surface area contributed by atoms with E-state index >= 15 is 0 Å². The number of carbonyl (C=O) groups is 1. The van der Waals surface area contributed by atoms with Crippen molar-refractivity contribution in [2.75, 3.05) is 0 Å². The summed E-state index contributed by atoms with van der Waals surface area (Å²) in [6.07, 6.45) is 5.72. The lowest BCUT2D eigenvalue weighted by molar-refractivity contribution is -0.152. The van der Waals surface area contributed by atoms with Crippen molar-refractivity contribution in [3.63, 3.8) is 0 Å². The van der Waals surface area contributed by atoms with Crippen molar-refractivity contribution in [3.8, 4) is 5.75 Å². The third-order valence-corrected chi connectivity index (χ3v) is 3.37. The van der Waals surface area contributed by atoms with Crippen LogP contribution >= 0.6 is 0 Å². The fourth-order valence-corrected chi connectivity index (χ4v) is 2.28. The number of esters is 1. The van der Waals surface area contributed by atoms with E-state index in [-0.39, 0.29) is 17.8 Å². The lowest BCUT2D eigenvalue weighted by atomic mass is 9.97. The molecule has 2 rings (SSSR count). The van der Waals surface area contributed by atoms with Gasteiger partial charge in [0.2, 0.25) is 0 Å². The van der Waals surface area contributed by atoms with Crippen molar-refractivity contribution in [1.82, 2.24) is 0 Å². The second-order valence-electron chi connectivity index (χ2n) is 5.00. The second kappa shape index (κ2) is 6.44. The van der Waals surface area contributed by atoms with Gasteiger partial charge in [0.05, 0.1) is 0 Å². The minimum atomic E-state index is -0.684. The molecule has 1 aromatic carbocycles. The number of aromatic hydroxyl groups is 1. The normalized spacial score (nSPS) is 17.5. The first-order valence-corrected chi connectivity index (χ1v) is 6.73. The van der Waals surface area contributed by atoms with Gasteiger partial charge in [0.25, 0.3) is 0 Å². The quantitative estimate of drug-likeness (QED) is 0.810. The summed E-state index contributed by atoms with van der Waals surface area (Å²) in [4.78, 5) is 11.9. The third kappa shape index (κ3) is 4.15. The van der Waals surface area contributed by atoms with Crippen molar-refractivity contribution in [2.24, 2.45) is 5.73 Å². The summed E-state index contributed by atoms with van der Waals surface area (Å²) in [5.41, 5.74) is 6.58. The molecule has 1 atom stereocenters. The van der Waals surface area contributed by atoms with Gasteiger partial charge in [0.15, 0.2) is 5.75 Å². The zero-order valence-electron chi connectivity index (χ0n) is 10.9. The molecule has 1 aromatic rings. The summed E-state index contributed by atoms with van der Waals surface area (Å²) in [5, 5.41) is 9.11. The summed E-state index contributed by atoms with van der Waals surface area (Å²) in [7, 11) is 0. The van der Waals surface area contributed by atoms with Gasteiger partial charge >= 0.3 is 5.97 Å². The predicted octanol–water partition coefficient (Wildman–Crippen LogP) is 1.74. The van der Waals surface area contributed by atoms with Crippen molar-refractivity contribution in [3.05, 3.63) is 29.8 Å². The fourth-order valence-electron chi connectivity index (χ4n) is 2.28. The van der Waals surface area contributed by atoms with Crippen LogP contribution in [-0.2, 0) is 16.0 Å². The topological polar surface area (TPSA) is 72.5 Å². The van der Waals surface area contributed by atoms with Gasteiger partial charge in [-0.3, -0.25) is 4.79 Å². The van der Waals surface area contributed by atoms with Gasteiger partial charge in [-0.05, 0) is 43.9 Å². The van der Waals surface area contributed by atoms with Crippen LogP contribution in [0.3, 0.4) is 0 Å². The van der Waals surface area contributed by atoms with E-state index in [0.717, 1.165) is 31.2 Å². The summed E-state index contributed by atoms with van der Waals surface area (Å²) in [6, 6.07) is 7.81. The van der Waals surface area contributed by atoms with E-state index in [4.69, 9.17) is 15.6 Å². The molecule has 0 bridgehead atoms. The Morgan fingerprint density at radius 3 is 2.74 bits per heavy atom. The van der Waals surface area contributed by atoms with Gasteiger partial charge in [0.1, 0.15) is 12.1 Å². The molecule has 1 fully saturated rings. The van der Waals surface area contributed by atoms with Crippen LogP contribution in [0.2, 0.25) is 0 Å². The van der Waals surface area contributed by atoms with Crippen LogP contribution in [0.4, 0.5) is 0 Å². The zero-order valence-corrected chi connectivity index (χ0v) is 10.9. The molecule has 1 saturated carbocycles. The van der Waals surface area contributed by atoms with Crippen LogP contribution in [0.5, 0.6) is 5.75 Å². The first-order chi connectivity index (χ1) is 9.15. The van der Waals surface area contributed by atoms with Gasteiger partial charge in [-0.25, -0.2) is 0 Å². The van der Waals surface area contributed by atoms with E-state index in [2.05, 4.69) is 12.1 Å². The predicted molar refractivity (Wildman–Crippen MR) is 70.4 cm³/mol. The molecule has 1 unspecified atom stereocenters. The highest BCUT2D eigenvalue weighted by Gasteiger charge is 2.22. The Morgan fingerprint density at radius 1 is 1.37 bits per heavy atom. The van der Waals surface area contributed by atoms with Gasteiger partial charge in [-0.15, -0.1) is 0 Å². The molecule has 4 heteroatoms. The Balaban J connectivity index is 1.83. The smallest absolute Gasteiger partial charge is 0.323 e. The first-order valence-electron chi connectivity index (χ1n) is 6.73. The highest BCUT2D eigenvalue weighted by molar-refractivity contribution is 5.76. The molecule has 19 heavy (non-hydrogen) atoms. The minimum absolute atomic E-state index is 0.0297. The summed E-state index contributed by atoms with van der Waals surface area (Å²) >= 11 is 0. The van der Waals surface area contributed by atoms with E-state index in [0.29, 0.717) is 6.42 Å². The molecule has 4 nitrogen and oxygen atoms in total. The van der Waals surface area contributed by atoms with Gasteiger partial charge in [0, 0.05) is 12.0 Å². The molecule has 0 saturated heterocycles. The first kappa shape index (κ1) is 13.7. The highest BCUT2D eigenvalue weighted by atomic mass is 16.5. The van der Waals surface area contributed by atoms with Crippen LogP contribution in [0.15, 0.2) is 12.1 Å². The summed E-state index contributed by atoms with van der Waals surface area (Å²) in [5.74, 6) is -0.324. The number of nitrogens with two attached hydrogens (primary N) is 1. The maximum Gasteiger partial charge on any atom is 0.323 e. The van der Waals surface area contributed by atoms with E-state index < -0.39 is 6.04 Å². The molecule has 3 N–H and O–H groups in total.